The number of amides is 2. The summed E-state index contributed by atoms with van der Waals surface area (Å²) in [5, 5.41) is 4.86. The molecule has 8 heteroatoms. The third-order valence-corrected chi connectivity index (χ3v) is 6.40. The highest BCUT2D eigenvalue weighted by atomic mass is 32.1. The summed E-state index contributed by atoms with van der Waals surface area (Å²) in [6.45, 7) is 0.481. The van der Waals surface area contributed by atoms with Crippen LogP contribution in [0.5, 0.6) is 17.2 Å². The van der Waals surface area contributed by atoms with E-state index in [4.69, 9.17) is 14.2 Å². The maximum absolute atomic E-state index is 13.1. The van der Waals surface area contributed by atoms with Crippen molar-refractivity contribution in [1.82, 2.24) is 4.90 Å². The fourth-order valence-corrected chi connectivity index (χ4v) is 4.75. The number of ether oxygens (including phenoxy) is 3. The van der Waals surface area contributed by atoms with Gasteiger partial charge in [0.1, 0.15) is 0 Å². The zero-order valence-electron chi connectivity index (χ0n) is 18.1. The van der Waals surface area contributed by atoms with Gasteiger partial charge in [0.2, 0.25) is 11.7 Å². The molecule has 2 heterocycles. The van der Waals surface area contributed by atoms with Gasteiger partial charge in [0.25, 0.3) is 5.91 Å². The number of methoxy groups -OCH3 is 3. The summed E-state index contributed by atoms with van der Waals surface area (Å²) in [7, 11) is 4.56. The number of thiophene rings is 1. The van der Waals surface area contributed by atoms with E-state index in [2.05, 4.69) is 5.32 Å². The van der Waals surface area contributed by atoms with Crippen LogP contribution in [-0.4, -0.2) is 38.0 Å². The Labute approximate surface area is 190 Å². The van der Waals surface area contributed by atoms with Crippen molar-refractivity contribution >= 4 is 28.8 Å². The van der Waals surface area contributed by atoms with Gasteiger partial charge in [-0.3, -0.25) is 9.59 Å². The van der Waals surface area contributed by atoms with Gasteiger partial charge in [0.05, 0.1) is 33.8 Å². The van der Waals surface area contributed by atoms with E-state index >= 15 is 0 Å². The third kappa shape index (κ3) is 4.13. The number of nitrogens with one attached hydrogen (secondary N) is 1. The van der Waals surface area contributed by atoms with E-state index in [1.54, 1.807) is 17.0 Å². The van der Waals surface area contributed by atoms with Crippen molar-refractivity contribution in [3.63, 3.8) is 0 Å². The summed E-state index contributed by atoms with van der Waals surface area (Å²) < 4.78 is 16.1. The molecule has 0 spiro atoms. The number of nitrogens with zero attached hydrogens (tertiary/aromatic N) is 1. The first kappa shape index (κ1) is 21.7. The van der Waals surface area contributed by atoms with Crippen LogP contribution in [0.4, 0.5) is 5.69 Å². The second kappa shape index (κ2) is 9.32. The van der Waals surface area contributed by atoms with E-state index in [-0.39, 0.29) is 24.3 Å². The Morgan fingerprint density at radius 3 is 2.38 bits per heavy atom. The number of hydrogen-bond donors (Lipinski definition) is 1. The van der Waals surface area contributed by atoms with Crippen molar-refractivity contribution in [1.29, 1.82) is 0 Å². The largest absolute Gasteiger partial charge is 0.493 e. The summed E-state index contributed by atoms with van der Waals surface area (Å²) in [5.41, 5.74) is 2.19. The zero-order chi connectivity index (χ0) is 22.7. The number of fused-ring (bicyclic) bond motifs is 1. The Morgan fingerprint density at radius 1 is 1.06 bits per heavy atom. The van der Waals surface area contributed by atoms with Gasteiger partial charge in [-0.1, -0.05) is 24.3 Å². The molecule has 0 saturated heterocycles. The maximum Gasteiger partial charge on any atom is 0.255 e. The molecule has 0 aliphatic carbocycles. The van der Waals surface area contributed by atoms with Gasteiger partial charge in [0, 0.05) is 34.8 Å². The van der Waals surface area contributed by atoms with E-state index < -0.39 is 0 Å². The number of carbonyl (C=O) groups excluding carboxylic acids is 2. The van der Waals surface area contributed by atoms with Gasteiger partial charge in [-0.15, -0.1) is 11.3 Å². The van der Waals surface area contributed by atoms with Crippen molar-refractivity contribution in [2.24, 2.45) is 0 Å². The zero-order valence-corrected chi connectivity index (χ0v) is 18.9. The van der Waals surface area contributed by atoms with Crippen LogP contribution >= 0.6 is 11.3 Å². The van der Waals surface area contributed by atoms with Crippen molar-refractivity contribution in [3.05, 3.63) is 69.9 Å². The number of anilines is 1. The number of carbonyl (C=O) groups is 2. The first-order chi connectivity index (χ1) is 15.5. The normalized spacial score (nSPS) is 13.5. The van der Waals surface area contributed by atoms with Crippen molar-refractivity contribution in [3.8, 4) is 17.2 Å². The molecule has 1 aliphatic rings. The van der Waals surface area contributed by atoms with Gasteiger partial charge in [-0.2, -0.15) is 0 Å². The topological polar surface area (TPSA) is 77.1 Å². The van der Waals surface area contributed by atoms with Crippen LogP contribution < -0.4 is 19.5 Å². The number of hydrogen-bond acceptors (Lipinski definition) is 6. The lowest BCUT2D eigenvalue weighted by molar-refractivity contribution is -0.117. The van der Waals surface area contributed by atoms with Crippen LogP contribution in [0.3, 0.4) is 0 Å². The Hall–Kier alpha value is -3.52. The first-order valence-electron chi connectivity index (χ1n) is 10.1. The van der Waals surface area contributed by atoms with Crippen molar-refractivity contribution < 1.29 is 23.8 Å². The minimum Gasteiger partial charge on any atom is -0.493 e. The van der Waals surface area contributed by atoms with Crippen molar-refractivity contribution in [2.45, 2.75) is 19.0 Å². The molecule has 1 N–H and O–H groups in total. The van der Waals surface area contributed by atoms with Crippen molar-refractivity contribution in [2.75, 3.05) is 26.6 Å². The summed E-state index contributed by atoms with van der Waals surface area (Å²) >= 11 is 1.53. The Kier molecular flexibility index (Phi) is 6.32. The predicted molar refractivity (Wildman–Crippen MR) is 123 cm³/mol. The van der Waals surface area contributed by atoms with Gasteiger partial charge in [0.15, 0.2) is 11.5 Å². The molecule has 1 atom stereocenters. The minimum atomic E-state index is -0.364. The summed E-state index contributed by atoms with van der Waals surface area (Å²) in [4.78, 5) is 28.8. The Bertz CT molecular complexity index is 1100. The van der Waals surface area contributed by atoms with Crippen LogP contribution in [0.1, 0.15) is 33.3 Å². The molecule has 0 bridgehead atoms. The monoisotopic (exact) mass is 452 g/mol. The minimum absolute atomic E-state index is 0.0559. The molecule has 166 valence electrons. The van der Waals surface area contributed by atoms with Crippen LogP contribution in [0.25, 0.3) is 0 Å². The van der Waals surface area contributed by atoms with E-state index in [1.807, 2.05) is 41.8 Å². The summed E-state index contributed by atoms with van der Waals surface area (Å²) in [6.07, 6.45) is 0.122. The first-order valence-corrected chi connectivity index (χ1v) is 11.0. The molecule has 0 radical (unpaired) electrons. The number of rotatable bonds is 8. The maximum atomic E-state index is 13.1. The molecule has 0 saturated carbocycles. The molecular weight excluding hydrogens is 428 g/mol. The van der Waals surface area contributed by atoms with Crippen LogP contribution in [0.15, 0.2) is 53.9 Å². The van der Waals surface area contributed by atoms with E-state index in [0.717, 1.165) is 10.4 Å². The van der Waals surface area contributed by atoms with Gasteiger partial charge >= 0.3 is 0 Å². The quantitative estimate of drug-likeness (QED) is 0.545. The molecule has 7 nitrogen and oxygen atoms in total. The molecule has 1 aromatic heterocycles. The third-order valence-electron chi connectivity index (χ3n) is 5.42. The fourth-order valence-electron chi connectivity index (χ4n) is 3.91. The lowest BCUT2D eigenvalue weighted by Crippen LogP contribution is -2.31. The second-order valence-corrected chi connectivity index (χ2v) is 8.27. The molecular formula is C24H24N2O5S. The molecule has 0 unspecified atom stereocenters. The SMILES string of the molecule is COc1cc(NC(=O)C[C@H](c2cccs2)N2Cc3ccccc3C2=O)cc(OC)c1OC. The summed E-state index contributed by atoms with van der Waals surface area (Å²) in [5.74, 6) is 1.06. The molecule has 0 fully saturated rings. The number of benzene rings is 2. The Morgan fingerprint density at radius 2 is 1.78 bits per heavy atom. The average Bonchev–Trinajstić information content (AvgIpc) is 3.45. The molecule has 3 aromatic rings. The van der Waals surface area contributed by atoms with E-state index in [9.17, 15) is 9.59 Å². The predicted octanol–water partition coefficient (Wildman–Crippen LogP) is 4.50. The fraction of sp³-hybridized carbons (Fsp3) is 0.250. The molecule has 1 aliphatic heterocycles. The molecule has 4 rings (SSSR count). The lowest BCUT2D eigenvalue weighted by Gasteiger charge is -2.27. The standard InChI is InChI=1S/C24H24N2O5S/c1-29-19-11-16(12-20(30-2)23(19)31-3)25-22(27)13-18(21-9-6-10-32-21)26-14-15-7-4-5-8-17(15)24(26)28/h4-12,18H,13-14H2,1-3H3,(H,25,27)/t18-/m1/s1. The highest BCUT2D eigenvalue weighted by molar-refractivity contribution is 7.10. The van der Waals surface area contributed by atoms with E-state index in [0.29, 0.717) is 35.0 Å². The molecule has 2 amide bonds. The Balaban J connectivity index is 1.57. The molecule has 32 heavy (non-hydrogen) atoms. The van der Waals surface area contributed by atoms with Crippen LogP contribution in [0.2, 0.25) is 0 Å². The average molecular weight is 453 g/mol. The molecule has 2 aromatic carbocycles. The van der Waals surface area contributed by atoms with Crippen LogP contribution in [-0.2, 0) is 11.3 Å². The van der Waals surface area contributed by atoms with E-state index in [1.165, 1.54) is 32.7 Å². The van der Waals surface area contributed by atoms with Crippen LogP contribution in [0, 0.1) is 0 Å². The highest BCUT2D eigenvalue weighted by Crippen LogP contribution is 2.40. The van der Waals surface area contributed by atoms with Gasteiger partial charge in [-0.25, -0.2) is 0 Å². The van der Waals surface area contributed by atoms with Gasteiger partial charge < -0.3 is 24.4 Å². The highest BCUT2D eigenvalue weighted by Gasteiger charge is 2.35. The van der Waals surface area contributed by atoms with Gasteiger partial charge in [-0.05, 0) is 23.1 Å². The summed E-state index contributed by atoms with van der Waals surface area (Å²) in [6, 6.07) is 14.4. The lowest BCUT2D eigenvalue weighted by atomic mass is 10.1. The smallest absolute Gasteiger partial charge is 0.255 e. The second-order valence-electron chi connectivity index (χ2n) is 7.29.